The lowest BCUT2D eigenvalue weighted by atomic mass is 10.2. The summed E-state index contributed by atoms with van der Waals surface area (Å²) in [5.41, 5.74) is 1.55. The van der Waals surface area contributed by atoms with Crippen LogP contribution in [0.25, 0.3) is 5.57 Å². The highest BCUT2D eigenvalue weighted by Crippen LogP contribution is 2.37. The molecule has 0 radical (unpaired) electrons. The van der Waals surface area contributed by atoms with Gasteiger partial charge >= 0.3 is 0 Å². The fourth-order valence-corrected chi connectivity index (χ4v) is 4.19. The van der Waals surface area contributed by atoms with Gasteiger partial charge < -0.3 is 4.90 Å². The summed E-state index contributed by atoms with van der Waals surface area (Å²) in [5, 5.41) is 2.42. The summed E-state index contributed by atoms with van der Waals surface area (Å²) in [6.07, 6.45) is 2.08. The van der Waals surface area contributed by atoms with E-state index in [1.807, 2.05) is 22.4 Å². The van der Waals surface area contributed by atoms with Crippen LogP contribution in [-0.2, 0) is 9.59 Å². The molecule has 0 atom stereocenters. The number of likely N-dealkylation sites (tertiary alicyclic amines) is 1. The zero-order valence-electron chi connectivity index (χ0n) is 12.9. The third-order valence-corrected chi connectivity index (χ3v) is 5.44. The van der Waals surface area contributed by atoms with E-state index in [-0.39, 0.29) is 11.8 Å². The summed E-state index contributed by atoms with van der Waals surface area (Å²) in [6.45, 7) is 1.62. The van der Waals surface area contributed by atoms with Gasteiger partial charge in [0.15, 0.2) is 0 Å². The molecule has 4 rings (SSSR count). The third-order valence-electron chi connectivity index (χ3n) is 4.32. The van der Waals surface area contributed by atoms with E-state index in [1.54, 1.807) is 24.3 Å². The van der Waals surface area contributed by atoms with E-state index in [4.69, 9.17) is 11.6 Å². The van der Waals surface area contributed by atoms with Crippen LogP contribution >= 0.6 is 22.9 Å². The lowest BCUT2D eigenvalue weighted by Crippen LogP contribution is -2.34. The number of halogens is 1. The van der Waals surface area contributed by atoms with Gasteiger partial charge in [0, 0.05) is 23.0 Å². The van der Waals surface area contributed by atoms with Gasteiger partial charge in [0.05, 0.1) is 11.3 Å². The maximum atomic E-state index is 13.1. The van der Waals surface area contributed by atoms with Crippen molar-refractivity contribution in [3.05, 3.63) is 57.4 Å². The molecule has 2 aromatic rings. The monoisotopic (exact) mass is 358 g/mol. The van der Waals surface area contributed by atoms with E-state index in [0.717, 1.165) is 30.8 Å². The number of anilines is 1. The summed E-state index contributed by atoms with van der Waals surface area (Å²) in [4.78, 5) is 30.3. The first-order chi connectivity index (χ1) is 11.7. The molecule has 0 aliphatic carbocycles. The molecule has 0 spiro atoms. The second-order valence-electron chi connectivity index (χ2n) is 5.82. The van der Waals surface area contributed by atoms with E-state index < -0.39 is 0 Å². The molecular formula is C18H15ClN2O2S. The molecule has 4 nitrogen and oxygen atoms in total. The fourth-order valence-electron chi connectivity index (χ4n) is 3.24. The summed E-state index contributed by atoms with van der Waals surface area (Å²) >= 11 is 7.53. The van der Waals surface area contributed by atoms with Gasteiger partial charge in [-0.1, -0.05) is 23.7 Å². The maximum Gasteiger partial charge on any atom is 0.282 e. The summed E-state index contributed by atoms with van der Waals surface area (Å²) in [5.74, 6) is -0.529. The predicted octanol–water partition coefficient (Wildman–Crippen LogP) is 3.78. The lowest BCUT2D eigenvalue weighted by Gasteiger charge is -2.20. The number of thiophene rings is 1. The van der Waals surface area contributed by atoms with Gasteiger partial charge in [-0.05, 0) is 42.5 Å². The molecule has 0 unspecified atom stereocenters. The van der Waals surface area contributed by atoms with Crippen molar-refractivity contribution in [3.63, 3.8) is 0 Å². The molecule has 1 saturated heterocycles. The van der Waals surface area contributed by atoms with Crippen molar-refractivity contribution in [2.75, 3.05) is 18.0 Å². The van der Waals surface area contributed by atoms with Crippen LogP contribution in [0.4, 0.5) is 5.69 Å². The van der Waals surface area contributed by atoms with Crippen molar-refractivity contribution in [2.45, 2.75) is 12.8 Å². The van der Waals surface area contributed by atoms with Crippen molar-refractivity contribution in [3.8, 4) is 0 Å². The van der Waals surface area contributed by atoms with E-state index in [0.29, 0.717) is 22.0 Å². The first-order valence-corrected chi connectivity index (χ1v) is 9.10. The first kappa shape index (κ1) is 15.4. The largest absolute Gasteiger partial charge is 0.366 e. The van der Waals surface area contributed by atoms with Crippen molar-refractivity contribution in [1.82, 2.24) is 4.90 Å². The number of benzene rings is 1. The highest BCUT2D eigenvalue weighted by molar-refractivity contribution is 7.11. The van der Waals surface area contributed by atoms with Gasteiger partial charge in [0.1, 0.15) is 5.70 Å². The quantitative estimate of drug-likeness (QED) is 0.784. The van der Waals surface area contributed by atoms with Crippen molar-refractivity contribution in [2.24, 2.45) is 0 Å². The molecule has 2 amide bonds. The Balaban J connectivity index is 1.83. The minimum atomic E-state index is -0.272. The number of hydrogen-bond donors (Lipinski definition) is 0. The Labute approximate surface area is 148 Å². The molecule has 0 N–H and O–H groups in total. The summed E-state index contributed by atoms with van der Waals surface area (Å²) in [6, 6.07) is 10.6. The molecule has 122 valence electrons. The Morgan fingerprint density at radius 1 is 1.00 bits per heavy atom. The summed E-state index contributed by atoms with van der Waals surface area (Å²) < 4.78 is 0. The van der Waals surface area contributed by atoms with Crippen LogP contribution in [0.3, 0.4) is 0 Å². The van der Waals surface area contributed by atoms with Crippen LogP contribution in [0.2, 0.25) is 5.02 Å². The molecular weight excluding hydrogens is 344 g/mol. The van der Waals surface area contributed by atoms with Crippen LogP contribution in [0.1, 0.15) is 17.7 Å². The fraction of sp³-hybridized carbons (Fsp3) is 0.222. The minimum Gasteiger partial charge on any atom is -0.366 e. The maximum absolute atomic E-state index is 13.1. The van der Waals surface area contributed by atoms with Crippen LogP contribution in [0.15, 0.2) is 47.5 Å². The Morgan fingerprint density at radius 3 is 2.46 bits per heavy atom. The van der Waals surface area contributed by atoms with Crippen LogP contribution in [0, 0.1) is 0 Å². The van der Waals surface area contributed by atoms with Crippen molar-refractivity contribution < 1.29 is 9.59 Å². The van der Waals surface area contributed by atoms with E-state index in [9.17, 15) is 9.59 Å². The Bertz CT molecular complexity index is 838. The molecule has 6 heteroatoms. The molecule has 0 saturated carbocycles. The zero-order chi connectivity index (χ0) is 16.7. The SMILES string of the molecule is O=C1C(c2cccs2)=C(N2CCCC2)C(=O)N1c1cccc(Cl)c1. The molecule has 2 aliphatic rings. The number of rotatable bonds is 3. The van der Waals surface area contributed by atoms with Gasteiger partial charge in [0.25, 0.3) is 11.8 Å². The number of imide groups is 1. The smallest absolute Gasteiger partial charge is 0.282 e. The molecule has 2 aliphatic heterocycles. The van der Waals surface area contributed by atoms with Crippen LogP contribution < -0.4 is 4.90 Å². The normalized spacial score (nSPS) is 18.2. The van der Waals surface area contributed by atoms with Gasteiger partial charge in [-0.25, -0.2) is 4.90 Å². The minimum absolute atomic E-state index is 0.257. The number of nitrogens with zero attached hydrogens (tertiary/aromatic N) is 2. The summed E-state index contributed by atoms with van der Waals surface area (Å²) in [7, 11) is 0. The molecule has 24 heavy (non-hydrogen) atoms. The van der Waals surface area contributed by atoms with E-state index >= 15 is 0 Å². The Kier molecular flexibility index (Phi) is 3.90. The van der Waals surface area contributed by atoms with Crippen LogP contribution in [-0.4, -0.2) is 29.8 Å². The molecule has 1 aromatic carbocycles. The number of carbonyl (C=O) groups is 2. The second kappa shape index (κ2) is 6.07. The van der Waals surface area contributed by atoms with E-state index in [1.165, 1.54) is 16.2 Å². The third kappa shape index (κ3) is 2.44. The van der Waals surface area contributed by atoms with E-state index in [2.05, 4.69) is 0 Å². The molecule has 3 heterocycles. The topological polar surface area (TPSA) is 40.6 Å². The number of hydrogen-bond acceptors (Lipinski definition) is 4. The van der Waals surface area contributed by atoms with Crippen molar-refractivity contribution >= 4 is 46.0 Å². The standard InChI is InChI=1S/C18H15ClN2O2S/c19-12-5-3-6-13(11-12)21-17(22)15(14-7-4-10-24-14)16(18(21)23)20-8-1-2-9-20/h3-7,10-11H,1-2,8-9H2. The number of carbonyl (C=O) groups excluding carboxylic acids is 2. The van der Waals surface area contributed by atoms with Crippen LogP contribution in [0.5, 0.6) is 0 Å². The van der Waals surface area contributed by atoms with Gasteiger partial charge in [-0.15, -0.1) is 11.3 Å². The van der Waals surface area contributed by atoms with Crippen molar-refractivity contribution in [1.29, 1.82) is 0 Å². The highest BCUT2D eigenvalue weighted by atomic mass is 35.5. The first-order valence-electron chi connectivity index (χ1n) is 7.84. The van der Waals surface area contributed by atoms with Gasteiger partial charge in [0.2, 0.25) is 0 Å². The van der Waals surface area contributed by atoms with Gasteiger partial charge in [-0.3, -0.25) is 9.59 Å². The highest BCUT2D eigenvalue weighted by Gasteiger charge is 2.43. The zero-order valence-corrected chi connectivity index (χ0v) is 14.4. The lowest BCUT2D eigenvalue weighted by molar-refractivity contribution is -0.120. The Morgan fingerprint density at radius 2 is 1.79 bits per heavy atom. The predicted molar refractivity (Wildman–Crippen MR) is 96.0 cm³/mol. The Hall–Kier alpha value is -2.11. The molecule has 1 fully saturated rings. The average Bonchev–Trinajstić information content (AvgIpc) is 3.28. The second-order valence-corrected chi connectivity index (χ2v) is 7.20. The number of amides is 2. The average molecular weight is 359 g/mol. The molecule has 1 aromatic heterocycles. The molecule has 0 bridgehead atoms. The van der Waals surface area contributed by atoms with Gasteiger partial charge in [-0.2, -0.15) is 0 Å².